The van der Waals surface area contributed by atoms with Crippen LogP contribution in [-0.4, -0.2) is 88.7 Å². The minimum absolute atomic E-state index is 0.0609. The molecule has 0 aromatic carbocycles. The summed E-state index contributed by atoms with van der Waals surface area (Å²) in [7, 11) is 0. The normalized spacial score (nSPS) is 29.3. The number of carboxylic acid groups (broad SMARTS) is 1. The Morgan fingerprint density at radius 1 is 1.07 bits per heavy atom. The quantitative estimate of drug-likeness (QED) is 0.147. The second-order valence-corrected chi connectivity index (χ2v) is 12.8. The van der Waals surface area contributed by atoms with Crippen LogP contribution in [-0.2, 0) is 33.5 Å². The van der Waals surface area contributed by atoms with Gasteiger partial charge in [-0.3, -0.25) is 29.3 Å². The largest absolute Gasteiger partial charge is 0.481 e. The lowest BCUT2D eigenvalue weighted by atomic mass is 9.85. The molecule has 2 saturated carbocycles. The molecule has 0 aromatic rings. The van der Waals surface area contributed by atoms with Crippen molar-refractivity contribution in [2.75, 3.05) is 13.2 Å². The fourth-order valence-electron chi connectivity index (χ4n) is 5.26. The number of esters is 1. The minimum Gasteiger partial charge on any atom is -0.481 e. The number of hydrogen-bond acceptors (Lipinski definition) is 11. The van der Waals surface area contributed by atoms with Gasteiger partial charge in [0.25, 0.3) is 0 Å². The van der Waals surface area contributed by atoms with E-state index in [2.05, 4.69) is 21.4 Å². The molecule has 14 heteroatoms. The van der Waals surface area contributed by atoms with E-state index >= 15 is 0 Å². The number of hydroxylamine groups is 1. The number of thioether (sulfide) groups is 1. The highest BCUT2D eigenvalue weighted by atomic mass is 32.2. The van der Waals surface area contributed by atoms with Crippen molar-refractivity contribution in [2.24, 2.45) is 17.6 Å². The predicted octanol–water partition coefficient (Wildman–Crippen LogP) is -0.180. The van der Waals surface area contributed by atoms with Gasteiger partial charge in [0.2, 0.25) is 11.8 Å². The maximum atomic E-state index is 12.9. The summed E-state index contributed by atoms with van der Waals surface area (Å²) in [5.41, 5.74) is 8.72. The van der Waals surface area contributed by atoms with Gasteiger partial charge in [-0.2, -0.15) is 5.48 Å². The van der Waals surface area contributed by atoms with Gasteiger partial charge in [0.1, 0.15) is 12.1 Å². The van der Waals surface area contributed by atoms with E-state index in [0.717, 1.165) is 24.6 Å². The van der Waals surface area contributed by atoms with Crippen LogP contribution in [0.1, 0.15) is 65.7 Å². The first-order valence-corrected chi connectivity index (χ1v) is 14.9. The smallest absolute Gasteiger partial charge is 0.323 e. The molecule has 40 heavy (non-hydrogen) atoms. The van der Waals surface area contributed by atoms with Crippen molar-refractivity contribution < 1.29 is 38.7 Å². The lowest BCUT2D eigenvalue weighted by Gasteiger charge is -2.40. The number of carbonyl (C=O) groups is 5. The molecule has 2 aliphatic carbocycles. The number of nitrogens with two attached hydrogens (primary N) is 1. The fourth-order valence-corrected chi connectivity index (χ4v) is 6.34. The molecule has 3 aliphatic rings. The molecule has 1 aliphatic heterocycles. The van der Waals surface area contributed by atoms with Crippen LogP contribution in [0.2, 0.25) is 0 Å². The maximum absolute atomic E-state index is 12.9. The van der Waals surface area contributed by atoms with Crippen LogP contribution >= 0.6 is 11.8 Å². The van der Waals surface area contributed by atoms with E-state index in [0.29, 0.717) is 32.3 Å². The molecule has 7 N–H and O–H groups in total. The number of nitrogens with one attached hydrogen (secondary N) is 4. The number of amides is 2. The van der Waals surface area contributed by atoms with Crippen molar-refractivity contribution in [2.45, 2.75) is 107 Å². The van der Waals surface area contributed by atoms with Crippen molar-refractivity contribution in [3.63, 3.8) is 0 Å². The van der Waals surface area contributed by atoms with E-state index < -0.39 is 41.9 Å². The standard InChI is InChI=1S/C26H43N5O8S/c1-13(2)10-22(28-18-4-5-19(18)29-24(34)20-7-9-39-31-20)26(37)38-8-6-17(27)23(33)30-21-12-15(40-14(3)32)11-16(21)25(35)36/h13,15-22,28,31H,4-12,27H2,1-3H3,(H,29,34)(H,30,33)(H,35,36)/t15?,16?,17-,18?,19?,20-,21?,22-/m0/s1. The molecule has 226 valence electrons. The van der Waals surface area contributed by atoms with Gasteiger partial charge in [-0.15, -0.1) is 0 Å². The predicted molar refractivity (Wildman–Crippen MR) is 147 cm³/mol. The number of carbonyl (C=O) groups excluding carboxylic acids is 4. The molecule has 0 spiro atoms. The summed E-state index contributed by atoms with van der Waals surface area (Å²) in [4.78, 5) is 66.1. The summed E-state index contributed by atoms with van der Waals surface area (Å²) in [5, 5.41) is 18.3. The van der Waals surface area contributed by atoms with Gasteiger partial charge < -0.3 is 31.0 Å². The molecule has 0 radical (unpaired) electrons. The Bertz CT molecular complexity index is 931. The van der Waals surface area contributed by atoms with Gasteiger partial charge in [0, 0.05) is 36.7 Å². The van der Waals surface area contributed by atoms with Gasteiger partial charge in [0.15, 0.2) is 5.12 Å². The van der Waals surface area contributed by atoms with Gasteiger partial charge in [0.05, 0.1) is 25.2 Å². The summed E-state index contributed by atoms with van der Waals surface area (Å²) in [6.07, 6.45) is 3.50. The molecule has 0 bridgehead atoms. The number of rotatable bonds is 14. The minimum atomic E-state index is -1.03. The van der Waals surface area contributed by atoms with Crippen LogP contribution in [0.3, 0.4) is 0 Å². The molecule has 1 saturated heterocycles. The van der Waals surface area contributed by atoms with Gasteiger partial charge in [-0.1, -0.05) is 25.6 Å². The van der Waals surface area contributed by atoms with Crippen LogP contribution in [0.5, 0.6) is 0 Å². The van der Waals surface area contributed by atoms with Crippen molar-refractivity contribution in [1.29, 1.82) is 0 Å². The first-order valence-electron chi connectivity index (χ1n) is 14.0. The van der Waals surface area contributed by atoms with Crippen LogP contribution in [0.4, 0.5) is 0 Å². The maximum Gasteiger partial charge on any atom is 0.323 e. The molecular weight excluding hydrogens is 542 g/mol. The molecule has 3 fully saturated rings. The number of carboxylic acids is 1. The number of hydrogen-bond donors (Lipinski definition) is 6. The Morgan fingerprint density at radius 2 is 1.80 bits per heavy atom. The molecule has 2 amide bonds. The van der Waals surface area contributed by atoms with Gasteiger partial charge in [-0.25, -0.2) is 0 Å². The average Bonchev–Trinajstić information content (AvgIpc) is 3.54. The van der Waals surface area contributed by atoms with E-state index in [4.69, 9.17) is 15.3 Å². The molecule has 3 rings (SSSR count). The Hall–Kier alpha value is -2.26. The van der Waals surface area contributed by atoms with E-state index in [1.165, 1.54) is 6.92 Å². The van der Waals surface area contributed by atoms with Crippen molar-refractivity contribution in [3.8, 4) is 0 Å². The Kier molecular flexibility index (Phi) is 12.2. The first-order chi connectivity index (χ1) is 18.9. The summed E-state index contributed by atoms with van der Waals surface area (Å²) in [6.45, 7) is 5.85. The van der Waals surface area contributed by atoms with E-state index in [1.54, 1.807) is 0 Å². The van der Waals surface area contributed by atoms with E-state index in [1.807, 2.05) is 13.8 Å². The molecular formula is C26H43N5O8S. The zero-order valence-electron chi connectivity index (χ0n) is 23.4. The van der Waals surface area contributed by atoms with Crippen LogP contribution in [0, 0.1) is 11.8 Å². The highest BCUT2D eigenvalue weighted by Crippen LogP contribution is 2.35. The summed E-state index contributed by atoms with van der Waals surface area (Å²) in [5.74, 6) is -2.70. The Labute approximate surface area is 238 Å². The van der Waals surface area contributed by atoms with E-state index in [-0.39, 0.29) is 53.3 Å². The van der Waals surface area contributed by atoms with E-state index in [9.17, 15) is 29.1 Å². The summed E-state index contributed by atoms with van der Waals surface area (Å²) < 4.78 is 5.47. The molecule has 1 heterocycles. The third kappa shape index (κ3) is 9.40. The summed E-state index contributed by atoms with van der Waals surface area (Å²) in [6, 6.07) is -2.71. The topological polar surface area (TPSA) is 198 Å². The second-order valence-electron chi connectivity index (χ2n) is 11.3. The van der Waals surface area contributed by atoms with Crippen LogP contribution < -0.4 is 27.2 Å². The highest BCUT2D eigenvalue weighted by Gasteiger charge is 2.41. The van der Waals surface area contributed by atoms with Gasteiger partial charge >= 0.3 is 11.9 Å². The second kappa shape index (κ2) is 15.1. The van der Waals surface area contributed by atoms with Gasteiger partial charge in [-0.05, 0) is 44.4 Å². The van der Waals surface area contributed by atoms with Crippen molar-refractivity contribution >= 4 is 40.6 Å². The van der Waals surface area contributed by atoms with Crippen LogP contribution in [0.15, 0.2) is 0 Å². The van der Waals surface area contributed by atoms with Crippen molar-refractivity contribution in [1.82, 2.24) is 21.4 Å². The first kappa shape index (κ1) is 32.3. The summed E-state index contributed by atoms with van der Waals surface area (Å²) >= 11 is 1.09. The average molecular weight is 586 g/mol. The number of aliphatic carboxylic acids is 1. The SMILES string of the molecule is CC(=O)SC1CC(NC(=O)[C@@H](N)CCOC(=O)[C@H](CC(C)C)NC2CCC2NC(=O)[C@@H]2CCON2)C(C(=O)O)C1. The molecule has 0 aromatic heterocycles. The highest BCUT2D eigenvalue weighted by molar-refractivity contribution is 8.14. The molecule has 5 unspecified atom stereocenters. The number of ether oxygens (including phenoxy) is 1. The zero-order chi connectivity index (χ0) is 29.4. The lowest BCUT2D eigenvalue weighted by Crippen LogP contribution is -2.62. The fraction of sp³-hybridized carbons (Fsp3) is 0.808. The third-order valence-electron chi connectivity index (χ3n) is 7.57. The Morgan fingerprint density at radius 3 is 2.38 bits per heavy atom. The zero-order valence-corrected chi connectivity index (χ0v) is 24.2. The Balaban J connectivity index is 1.44. The lowest BCUT2D eigenvalue weighted by molar-refractivity contribution is -0.148. The van der Waals surface area contributed by atoms with Crippen LogP contribution in [0.25, 0.3) is 0 Å². The third-order valence-corrected chi connectivity index (χ3v) is 8.62. The monoisotopic (exact) mass is 585 g/mol. The van der Waals surface area contributed by atoms with Crippen molar-refractivity contribution in [3.05, 3.63) is 0 Å². The molecule has 13 nitrogen and oxygen atoms in total. The molecule has 8 atom stereocenters.